The van der Waals surface area contributed by atoms with E-state index in [1.165, 1.54) is 0 Å². The zero-order valence-electron chi connectivity index (χ0n) is 9.30. The number of hydrogen-bond acceptors (Lipinski definition) is 2. The van der Waals surface area contributed by atoms with E-state index in [1.807, 2.05) is 54.6 Å². The molecule has 2 aromatic carbocycles. The molecule has 2 aromatic rings. The number of rotatable bonds is 1. The number of nitrogens with one attached hydrogen (secondary N) is 1. The van der Waals surface area contributed by atoms with Crippen molar-refractivity contribution in [2.24, 2.45) is 0 Å². The zero-order valence-corrected chi connectivity index (χ0v) is 9.30. The Morgan fingerprint density at radius 1 is 0.882 bits per heavy atom. The molecule has 0 saturated carbocycles. The number of benzene rings is 2. The first kappa shape index (κ1) is 12.4. The van der Waals surface area contributed by atoms with Crippen LogP contribution in [0.1, 0.15) is 5.56 Å². The van der Waals surface area contributed by atoms with E-state index in [0.29, 0.717) is 5.56 Å². The largest absolute Gasteiger partial charge is 0.315 e. The van der Waals surface area contributed by atoms with Gasteiger partial charge in [0.15, 0.2) is 0 Å². The van der Waals surface area contributed by atoms with Crippen molar-refractivity contribution >= 4 is 5.69 Å². The second-order valence-corrected chi connectivity index (χ2v) is 3.11. The molecule has 0 radical (unpaired) electrons. The Morgan fingerprint density at radius 2 is 1.41 bits per heavy atom. The van der Waals surface area contributed by atoms with Crippen molar-refractivity contribution in [1.29, 1.82) is 5.26 Å². The van der Waals surface area contributed by atoms with Crippen LogP contribution >= 0.6 is 0 Å². The van der Waals surface area contributed by atoms with Crippen molar-refractivity contribution in [2.75, 3.05) is 5.32 Å². The molecule has 0 fully saturated rings. The molecule has 0 bridgehead atoms. The highest BCUT2D eigenvalue weighted by molar-refractivity contribution is 5.46. The Kier molecular flexibility index (Phi) is 5.50. The highest BCUT2D eigenvalue weighted by Gasteiger charge is 1.80. The Morgan fingerprint density at radius 3 is 1.82 bits per heavy atom. The van der Waals surface area contributed by atoms with E-state index in [0.717, 1.165) is 5.69 Å². The molecule has 17 heavy (non-hydrogen) atoms. The van der Waals surface area contributed by atoms with Gasteiger partial charge in [-0.2, -0.15) is 5.26 Å². The zero-order chi connectivity index (χ0) is 12.3. The molecule has 0 atom stereocenters. The van der Waals surface area contributed by atoms with Crippen LogP contribution in [0.3, 0.4) is 0 Å². The summed E-state index contributed by atoms with van der Waals surface area (Å²) in [6.07, 6.45) is 5.00. The van der Waals surface area contributed by atoms with Gasteiger partial charge in [-0.15, -0.1) is 0 Å². The van der Waals surface area contributed by atoms with Crippen molar-refractivity contribution in [1.82, 2.24) is 0 Å². The fourth-order valence-electron chi connectivity index (χ4n) is 1.12. The summed E-state index contributed by atoms with van der Waals surface area (Å²) in [7, 11) is 0. The number of terminal acetylenes is 1. The molecule has 1 N–H and O–H groups in total. The van der Waals surface area contributed by atoms with Crippen molar-refractivity contribution in [3.63, 3.8) is 0 Å². The van der Waals surface area contributed by atoms with E-state index in [4.69, 9.17) is 11.7 Å². The van der Waals surface area contributed by atoms with Crippen molar-refractivity contribution in [3.05, 3.63) is 66.2 Å². The van der Waals surface area contributed by atoms with Gasteiger partial charge in [-0.05, 0) is 24.3 Å². The molecule has 0 saturated heterocycles. The summed E-state index contributed by atoms with van der Waals surface area (Å²) < 4.78 is 0. The van der Waals surface area contributed by atoms with Crippen molar-refractivity contribution in [3.8, 4) is 18.5 Å². The summed E-state index contributed by atoms with van der Waals surface area (Å²) in [6, 6.07) is 23.1. The number of para-hydroxylation sites is 1. The summed E-state index contributed by atoms with van der Waals surface area (Å²) in [5.74, 6) is 0. The second-order valence-electron chi connectivity index (χ2n) is 3.11. The van der Waals surface area contributed by atoms with Crippen LogP contribution in [-0.4, -0.2) is 0 Å². The summed E-state index contributed by atoms with van der Waals surface area (Å²) in [5.41, 5.74) is 1.67. The van der Waals surface area contributed by atoms with Gasteiger partial charge in [0.05, 0.1) is 11.6 Å². The normalized spacial score (nSPS) is 7.88. The predicted molar refractivity (Wildman–Crippen MR) is 70.1 cm³/mol. The number of anilines is 1. The minimum absolute atomic E-state index is 0.715. The minimum atomic E-state index is 0.715. The lowest BCUT2D eigenvalue weighted by Gasteiger charge is -1.93. The lowest BCUT2D eigenvalue weighted by atomic mass is 10.2. The molecular formula is C15H12N2. The molecular weight excluding hydrogens is 208 g/mol. The molecule has 0 heterocycles. The van der Waals surface area contributed by atoms with Crippen molar-refractivity contribution < 1.29 is 0 Å². The van der Waals surface area contributed by atoms with Crippen molar-refractivity contribution in [2.45, 2.75) is 0 Å². The first-order valence-corrected chi connectivity index (χ1v) is 5.08. The Labute approximate surface area is 102 Å². The Balaban J connectivity index is 0.000000171. The maximum atomic E-state index is 8.29. The van der Waals surface area contributed by atoms with E-state index < -0.39 is 0 Å². The van der Waals surface area contributed by atoms with Gasteiger partial charge in [-0.25, -0.2) is 0 Å². The molecule has 82 valence electrons. The van der Waals surface area contributed by atoms with Gasteiger partial charge in [0.2, 0.25) is 0 Å². The fraction of sp³-hybridized carbons (Fsp3) is 0. The maximum absolute atomic E-state index is 8.29. The van der Waals surface area contributed by atoms with Gasteiger partial charge in [0, 0.05) is 11.7 Å². The number of nitriles is 1. The lowest BCUT2D eigenvalue weighted by molar-refractivity contribution is 1.49. The molecule has 0 spiro atoms. The van der Waals surface area contributed by atoms with Gasteiger partial charge >= 0.3 is 0 Å². The number of nitrogens with zero attached hydrogens (tertiary/aromatic N) is 1. The number of hydrogen-bond donors (Lipinski definition) is 1. The summed E-state index contributed by atoms with van der Waals surface area (Å²) in [4.78, 5) is 0. The maximum Gasteiger partial charge on any atom is 0.0991 e. The van der Waals surface area contributed by atoms with E-state index in [1.54, 1.807) is 12.1 Å². The second kappa shape index (κ2) is 7.56. The third-order valence-corrected chi connectivity index (χ3v) is 1.89. The molecule has 2 nitrogen and oxygen atoms in total. The van der Waals surface area contributed by atoms with Gasteiger partial charge < -0.3 is 5.32 Å². The third kappa shape index (κ3) is 5.06. The van der Waals surface area contributed by atoms with E-state index in [9.17, 15) is 0 Å². The molecule has 0 aliphatic carbocycles. The van der Waals surface area contributed by atoms with Gasteiger partial charge in [-0.3, -0.25) is 0 Å². The van der Waals surface area contributed by atoms with Crippen LogP contribution in [0.25, 0.3) is 0 Å². The van der Waals surface area contributed by atoms with E-state index in [2.05, 4.69) is 11.4 Å². The first-order valence-electron chi connectivity index (χ1n) is 5.08. The van der Waals surface area contributed by atoms with Gasteiger partial charge in [0.25, 0.3) is 0 Å². The molecule has 0 aliphatic rings. The summed E-state index contributed by atoms with van der Waals surface area (Å²) in [6.45, 7) is 0. The molecule has 0 aliphatic heterocycles. The van der Waals surface area contributed by atoms with Crippen LogP contribution in [0.2, 0.25) is 0 Å². The third-order valence-electron chi connectivity index (χ3n) is 1.89. The van der Waals surface area contributed by atoms with E-state index in [-0.39, 0.29) is 0 Å². The van der Waals surface area contributed by atoms with Crippen LogP contribution in [0, 0.1) is 23.8 Å². The van der Waals surface area contributed by atoms with Crippen LogP contribution in [0.4, 0.5) is 5.69 Å². The van der Waals surface area contributed by atoms with Gasteiger partial charge in [0.1, 0.15) is 0 Å². The highest BCUT2D eigenvalue weighted by atomic mass is 14.8. The summed E-state index contributed by atoms with van der Waals surface area (Å²) in [5, 5.41) is 11.0. The molecule has 0 aromatic heterocycles. The Hall–Kier alpha value is -2.71. The summed E-state index contributed by atoms with van der Waals surface area (Å²) >= 11 is 0. The lowest BCUT2D eigenvalue weighted by Crippen LogP contribution is -1.83. The van der Waals surface area contributed by atoms with Crippen LogP contribution < -0.4 is 5.32 Å². The molecule has 2 rings (SSSR count). The standard InChI is InChI=1S/C8H7N.C7H5N/c1-2-9-8-6-4-3-5-7-8;8-6-7-4-2-1-3-5-7/h1,3-7,9H;1-5H. The topological polar surface area (TPSA) is 35.8 Å². The fourth-order valence-corrected chi connectivity index (χ4v) is 1.12. The predicted octanol–water partition coefficient (Wildman–Crippen LogP) is 3.25. The van der Waals surface area contributed by atoms with E-state index >= 15 is 0 Å². The van der Waals surface area contributed by atoms with Crippen LogP contribution in [0.15, 0.2) is 60.7 Å². The quantitative estimate of drug-likeness (QED) is 0.591. The molecule has 0 unspecified atom stereocenters. The SMILES string of the molecule is C#CNc1ccccc1.N#Cc1ccccc1. The average molecular weight is 220 g/mol. The first-order chi connectivity index (χ1) is 8.36. The molecule has 2 heteroatoms. The highest BCUT2D eigenvalue weighted by Crippen LogP contribution is 2.02. The van der Waals surface area contributed by atoms with Crippen LogP contribution in [0.5, 0.6) is 0 Å². The minimum Gasteiger partial charge on any atom is -0.315 e. The average Bonchev–Trinajstić information content (AvgIpc) is 2.42. The smallest absolute Gasteiger partial charge is 0.0991 e. The van der Waals surface area contributed by atoms with Crippen LogP contribution in [-0.2, 0) is 0 Å². The Bertz CT molecular complexity index is 504. The van der Waals surface area contributed by atoms with Gasteiger partial charge in [-0.1, -0.05) is 42.8 Å². The molecule has 0 amide bonds. The monoisotopic (exact) mass is 220 g/mol.